The molecule has 0 aromatic rings. The molecule has 0 atom stereocenters. The number of nitrogens with zero attached hydrogens (tertiary/aromatic N) is 1. The van der Waals surface area contributed by atoms with Crippen LogP contribution >= 0.6 is 0 Å². The summed E-state index contributed by atoms with van der Waals surface area (Å²) >= 11 is 0. The molecule has 1 saturated heterocycles. The predicted molar refractivity (Wildman–Crippen MR) is 68.0 cm³/mol. The second-order valence-electron chi connectivity index (χ2n) is 4.95. The molecule has 0 radical (unpaired) electrons. The second-order valence-corrected chi connectivity index (χ2v) is 4.95. The Morgan fingerprint density at radius 1 is 1.28 bits per heavy atom. The van der Waals surface area contributed by atoms with Crippen molar-refractivity contribution in [2.45, 2.75) is 32.3 Å². The Kier molecular flexibility index (Phi) is 5.55. The SMILES string of the molecule is CCCC1(O)CN(CC(=O)NCCNC(C)=O)C1. The summed E-state index contributed by atoms with van der Waals surface area (Å²) in [5, 5.41) is 15.3. The van der Waals surface area contributed by atoms with Crippen LogP contribution in [0.4, 0.5) is 0 Å². The smallest absolute Gasteiger partial charge is 0.234 e. The van der Waals surface area contributed by atoms with Gasteiger partial charge in [-0.2, -0.15) is 0 Å². The van der Waals surface area contributed by atoms with Crippen molar-refractivity contribution < 1.29 is 14.7 Å². The molecular weight excluding hydrogens is 234 g/mol. The van der Waals surface area contributed by atoms with Gasteiger partial charge in [0.05, 0.1) is 12.1 Å². The third kappa shape index (κ3) is 5.01. The van der Waals surface area contributed by atoms with Crippen LogP contribution in [0, 0.1) is 0 Å². The van der Waals surface area contributed by atoms with Crippen molar-refractivity contribution in [3.63, 3.8) is 0 Å². The van der Waals surface area contributed by atoms with Gasteiger partial charge < -0.3 is 15.7 Å². The zero-order valence-corrected chi connectivity index (χ0v) is 11.2. The molecule has 1 aliphatic rings. The molecule has 104 valence electrons. The lowest BCUT2D eigenvalue weighted by atomic mass is 9.89. The van der Waals surface area contributed by atoms with Gasteiger partial charge in [0.1, 0.15) is 0 Å². The van der Waals surface area contributed by atoms with E-state index in [1.807, 2.05) is 11.8 Å². The van der Waals surface area contributed by atoms with Gasteiger partial charge >= 0.3 is 0 Å². The van der Waals surface area contributed by atoms with Crippen LogP contribution in [0.5, 0.6) is 0 Å². The number of nitrogens with one attached hydrogen (secondary N) is 2. The molecule has 0 aliphatic carbocycles. The van der Waals surface area contributed by atoms with Crippen LogP contribution in [-0.2, 0) is 9.59 Å². The summed E-state index contributed by atoms with van der Waals surface area (Å²) in [5.41, 5.74) is -0.592. The molecule has 1 aliphatic heterocycles. The summed E-state index contributed by atoms with van der Waals surface area (Å²) in [6.07, 6.45) is 1.74. The first-order valence-electron chi connectivity index (χ1n) is 6.41. The minimum absolute atomic E-state index is 0.0705. The van der Waals surface area contributed by atoms with E-state index in [9.17, 15) is 14.7 Å². The Balaban J connectivity index is 2.06. The fourth-order valence-electron chi connectivity index (χ4n) is 2.22. The number of carbonyl (C=O) groups is 2. The second kappa shape index (κ2) is 6.70. The van der Waals surface area contributed by atoms with Gasteiger partial charge in [-0.05, 0) is 6.42 Å². The molecular formula is C12H23N3O3. The number of rotatable bonds is 7. The summed E-state index contributed by atoms with van der Waals surface area (Å²) in [5.74, 6) is -0.171. The van der Waals surface area contributed by atoms with Crippen molar-refractivity contribution in [2.75, 3.05) is 32.7 Å². The lowest BCUT2D eigenvalue weighted by Gasteiger charge is -2.46. The molecule has 0 aromatic heterocycles. The number of β-amino-alcohol motifs (C(OH)–C–C–N with tert-alkyl or cyclic N) is 1. The number of aliphatic hydroxyl groups is 1. The van der Waals surface area contributed by atoms with Gasteiger partial charge in [-0.3, -0.25) is 14.5 Å². The van der Waals surface area contributed by atoms with E-state index in [2.05, 4.69) is 10.6 Å². The van der Waals surface area contributed by atoms with Gasteiger partial charge in [0.2, 0.25) is 11.8 Å². The topological polar surface area (TPSA) is 81.7 Å². The average molecular weight is 257 g/mol. The van der Waals surface area contributed by atoms with E-state index in [1.165, 1.54) is 6.92 Å². The fourth-order valence-corrected chi connectivity index (χ4v) is 2.22. The van der Waals surface area contributed by atoms with Crippen LogP contribution in [0.15, 0.2) is 0 Å². The lowest BCUT2D eigenvalue weighted by molar-refractivity contribution is -0.133. The summed E-state index contributed by atoms with van der Waals surface area (Å²) in [4.78, 5) is 24.0. The Bertz CT molecular complexity index is 301. The minimum Gasteiger partial charge on any atom is -0.387 e. The van der Waals surface area contributed by atoms with E-state index >= 15 is 0 Å². The maximum Gasteiger partial charge on any atom is 0.234 e. The van der Waals surface area contributed by atoms with E-state index in [-0.39, 0.29) is 11.8 Å². The Hall–Kier alpha value is -1.14. The maximum absolute atomic E-state index is 11.5. The first-order valence-corrected chi connectivity index (χ1v) is 6.41. The molecule has 0 bridgehead atoms. The first-order chi connectivity index (χ1) is 8.45. The molecule has 0 spiro atoms. The molecule has 0 saturated carbocycles. The Labute approximate surface area is 108 Å². The third-order valence-electron chi connectivity index (χ3n) is 2.94. The zero-order valence-electron chi connectivity index (χ0n) is 11.2. The molecule has 6 heteroatoms. The van der Waals surface area contributed by atoms with Crippen molar-refractivity contribution in [1.29, 1.82) is 0 Å². The molecule has 1 rings (SSSR count). The quantitative estimate of drug-likeness (QED) is 0.516. The Morgan fingerprint density at radius 3 is 2.44 bits per heavy atom. The highest BCUT2D eigenvalue weighted by Gasteiger charge is 2.40. The maximum atomic E-state index is 11.5. The summed E-state index contributed by atoms with van der Waals surface area (Å²) in [6.45, 7) is 5.81. The van der Waals surface area contributed by atoms with Crippen molar-refractivity contribution in [2.24, 2.45) is 0 Å². The van der Waals surface area contributed by atoms with Gasteiger partial charge in [-0.15, -0.1) is 0 Å². The van der Waals surface area contributed by atoms with E-state index in [4.69, 9.17) is 0 Å². The van der Waals surface area contributed by atoms with Crippen molar-refractivity contribution in [3.8, 4) is 0 Å². The monoisotopic (exact) mass is 257 g/mol. The van der Waals surface area contributed by atoms with Crippen LogP contribution in [0.25, 0.3) is 0 Å². The number of likely N-dealkylation sites (tertiary alicyclic amines) is 1. The van der Waals surface area contributed by atoms with E-state index in [0.29, 0.717) is 32.7 Å². The molecule has 0 unspecified atom stereocenters. The molecule has 3 N–H and O–H groups in total. The van der Waals surface area contributed by atoms with Crippen LogP contribution in [0.3, 0.4) is 0 Å². The van der Waals surface area contributed by atoms with Gasteiger partial charge in [-0.25, -0.2) is 0 Å². The largest absolute Gasteiger partial charge is 0.387 e. The molecule has 2 amide bonds. The van der Waals surface area contributed by atoms with Gasteiger partial charge in [0.25, 0.3) is 0 Å². The van der Waals surface area contributed by atoms with Gasteiger partial charge in [0, 0.05) is 33.1 Å². The summed E-state index contributed by atoms with van der Waals surface area (Å²) in [6, 6.07) is 0. The van der Waals surface area contributed by atoms with Crippen LogP contribution < -0.4 is 10.6 Å². The van der Waals surface area contributed by atoms with Crippen molar-refractivity contribution in [1.82, 2.24) is 15.5 Å². The van der Waals surface area contributed by atoms with Gasteiger partial charge in [-0.1, -0.05) is 13.3 Å². The average Bonchev–Trinajstić information content (AvgIpc) is 2.22. The summed E-state index contributed by atoms with van der Waals surface area (Å²) < 4.78 is 0. The van der Waals surface area contributed by atoms with Gasteiger partial charge in [0.15, 0.2) is 0 Å². The van der Waals surface area contributed by atoms with Crippen LogP contribution in [0.2, 0.25) is 0 Å². The van der Waals surface area contributed by atoms with Crippen molar-refractivity contribution in [3.05, 3.63) is 0 Å². The number of carbonyl (C=O) groups excluding carboxylic acids is 2. The first kappa shape index (κ1) is 14.9. The predicted octanol–water partition coefficient (Wildman–Crippen LogP) is -0.914. The van der Waals surface area contributed by atoms with E-state index in [0.717, 1.165) is 12.8 Å². The standard InChI is InChI=1S/C12H23N3O3/c1-3-4-12(18)8-15(9-12)7-11(17)14-6-5-13-10(2)16/h18H,3-9H2,1-2H3,(H,13,16)(H,14,17). The van der Waals surface area contributed by atoms with E-state index < -0.39 is 5.60 Å². The zero-order chi connectivity index (χ0) is 13.6. The number of hydrogen-bond acceptors (Lipinski definition) is 4. The van der Waals surface area contributed by atoms with Crippen LogP contribution in [-0.4, -0.2) is 60.1 Å². The molecule has 1 heterocycles. The normalized spacial score (nSPS) is 17.9. The van der Waals surface area contributed by atoms with Crippen LogP contribution in [0.1, 0.15) is 26.7 Å². The Morgan fingerprint density at radius 2 is 1.89 bits per heavy atom. The third-order valence-corrected chi connectivity index (χ3v) is 2.94. The number of hydrogen-bond donors (Lipinski definition) is 3. The summed E-state index contributed by atoms with van der Waals surface area (Å²) in [7, 11) is 0. The highest BCUT2D eigenvalue weighted by molar-refractivity contribution is 5.78. The highest BCUT2D eigenvalue weighted by Crippen LogP contribution is 2.24. The molecule has 1 fully saturated rings. The molecule has 6 nitrogen and oxygen atoms in total. The van der Waals surface area contributed by atoms with E-state index in [1.54, 1.807) is 0 Å². The fraction of sp³-hybridized carbons (Fsp3) is 0.833. The molecule has 0 aromatic carbocycles. The molecule has 18 heavy (non-hydrogen) atoms. The number of amides is 2. The lowest BCUT2D eigenvalue weighted by Crippen LogP contribution is -2.63. The minimum atomic E-state index is -0.592. The highest BCUT2D eigenvalue weighted by atomic mass is 16.3. The van der Waals surface area contributed by atoms with Crippen molar-refractivity contribution >= 4 is 11.8 Å².